The number of nitrogens with one attached hydrogen (secondary N) is 2. The second-order valence-corrected chi connectivity index (χ2v) is 3.93. The highest BCUT2D eigenvalue weighted by Gasteiger charge is 2.02. The van der Waals surface area contributed by atoms with Crippen LogP contribution in [0.4, 0.5) is 11.5 Å². The second-order valence-electron chi connectivity index (χ2n) is 3.93. The topological polar surface area (TPSA) is 87.0 Å². The minimum Gasteiger partial charge on any atom is -0.391 e. The molecule has 0 bridgehead atoms. The maximum absolute atomic E-state index is 11.2. The lowest BCUT2D eigenvalue weighted by molar-refractivity contribution is 0.396. The molecule has 0 aliphatic rings. The predicted molar refractivity (Wildman–Crippen MR) is 65.5 cm³/mol. The molecule has 0 unspecified atom stereocenters. The monoisotopic (exact) mass is 225 g/mol. The summed E-state index contributed by atoms with van der Waals surface area (Å²) in [6.07, 6.45) is 3.47. The summed E-state index contributed by atoms with van der Waals surface area (Å²) in [5.74, 6) is 0.466. The summed E-state index contributed by atoms with van der Waals surface area (Å²) in [5.41, 5.74) is 5.42. The van der Waals surface area contributed by atoms with Gasteiger partial charge in [0.15, 0.2) is 5.82 Å². The van der Waals surface area contributed by atoms with Crippen molar-refractivity contribution in [2.75, 3.05) is 38.2 Å². The van der Waals surface area contributed by atoms with Crippen molar-refractivity contribution in [3.05, 3.63) is 16.7 Å². The van der Waals surface area contributed by atoms with Gasteiger partial charge < -0.3 is 20.9 Å². The first-order chi connectivity index (χ1) is 7.61. The Morgan fingerprint density at radius 2 is 2.25 bits per heavy atom. The first-order valence-corrected chi connectivity index (χ1v) is 5.33. The van der Waals surface area contributed by atoms with Gasteiger partial charge in [-0.25, -0.2) is 4.98 Å². The summed E-state index contributed by atoms with van der Waals surface area (Å²) in [6, 6.07) is 0. The largest absolute Gasteiger partial charge is 0.391 e. The Labute approximate surface area is 94.9 Å². The predicted octanol–water partition coefficient (Wildman–Crippen LogP) is 0.106. The molecule has 0 spiro atoms. The molecule has 6 heteroatoms. The van der Waals surface area contributed by atoms with E-state index in [-0.39, 0.29) is 11.2 Å². The fourth-order valence-corrected chi connectivity index (χ4v) is 1.31. The van der Waals surface area contributed by atoms with Crippen LogP contribution >= 0.6 is 0 Å². The van der Waals surface area contributed by atoms with E-state index in [1.807, 2.05) is 14.1 Å². The number of unbranched alkanes of at least 4 members (excludes halogenated alkanes) is 1. The van der Waals surface area contributed by atoms with Crippen LogP contribution in [0.2, 0.25) is 0 Å². The van der Waals surface area contributed by atoms with E-state index in [1.165, 1.54) is 6.33 Å². The van der Waals surface area contributed by atoms with Gasteiger partial charge in [-0.2, -0.15) is 0 Å². The van der Waals surface area contributed by atoms with Gasteiger partial charge in [-0.15, -0.1) is 0 Å². The number of rotatable bonds is 6. The van der Waals surface area contributed by atoms with Gasteiger partial charge in [-0.05, 0) is 33.5 Å². The van der Waals surface area contributed by atoms with Crippen molar-refractivity contribution in [1.82, 2.24) is 14.9 Å². The standard InChI is InChI=1S/C10H19N5O/c1-15(2)6-4-3-5-12-9-8(11)10(16)14-7-13-9/h7H,3-6,11H2,1-2H3,(H2,12,13,14,16). The van der Waals surface area contributed by atoms with Gasteiger partial charge in [-0.1, -0.05) is 0 Å². The molecule has 16 heavy (non-hydrogen) atoms. The van der Waals surface area contributed by atoms with Crippen LogP contribution in [0.1, 0.15) is 12.8 Å². The third kappa shape index (κ3) is 3.90. The normalized spacial score (nSPS) is 10.7. The highest BCUT2D eigenvalue weighted by molar-refractivity contribution is 5.58. The molecular formula is C10H19N5O. The molecule has 1 aromatic heterocycles. The van der Waals surface area contributed by atoms with Gasteiger partial charge in [0, 0.05) is 6.54 Å². The maximum Gasteiger partial charge on any atom is 0.276 e. The first-order valence-electron chi connectivity index (χ1n) is 5.33. The fraction of sp³-hybridized carbons (Fsp3) is 0.600. The Morgan fingerprint density at radius 3 is 2.94 bits per heavy atom. The molecule has 0 amide bonds. The van der Waals surface area contributed by atoms with Crippen LogP contribution in [-0.4, -0.2) is 42.1 Å². The molecule has 0 fully saturated rings. The molecule has 4 N–H and O–H groups in total. The number of aromatic amines is 1. The summed E-state index contributed by atoms with van der Waals surface area (Å²) in [5, 5.41) is 3.05. The molecule has 1 rings (SSSR count). The van der Waals surface area contributed by atoms with E-state index >= 15 is 0 Å². The van der Waals surface area contributed by atoms with Crippen LogP contribution in [0.15, 0.2) is 11.1 Å². The van der Waals surface area contributed by atoms with E-state index in [9.17, 15) is 4.79 Å². The molecule has 0 aliphatic heterocycles. The summed E-state index contributed by atoms with van der Waals surface area (Å²) in [4.78, 5) is 19.7. The number of aromatic nitrogens is 2. The molecule has 0 saturated carbocycles. The Balaban J connectivity index is 2.32. The van der Waals surface area contributed by atoms with Crippen molar-refractivity contribution in [1.29, 1.82) is 0 Å². The van der Waals surface area contributed by atoms with Gasteiger partial charge in [0.2, 0.25) is 0 Å². The van der Waals surface area contributed by atoms with Crippen molar-refractivity contribution < 1.29 is 0 Å². The maximum atomic E-state index is 11.2. The Bertz CT molecular complexity index is 374. The van der Waals surface area contributed by atoms with Crippen LogP contribution in [0, 0.1) is 0 Å². The highest BCUT2D eigenvalue weighted by Crippen LogP contribution is 2.07. The number of anilines is 2. The molecule has 90 valence electrons. The van der Waals surface area contributed by atoms with E-state index in [4.69, 9.17) is 5.73 Å². The zero-order valence-corrected chi connectivity index (χ0v) is 9.79. The van der Waals surface area contributed by atoms with Crippen molar-refractivity contribution >= 4 is 11.5 Å². The summed E-state index contributed by atoms with van der Waals surface area (Å²) in [7, 11) is 4.09. The molecule has 0 saturated heterocycles. The molecule has 0 aliphatic carbocycles. The van der Waals surface area contributed by atoms with Gasteiger partial charge in [0.05, 0.1) is 6.33 Å². The van der Waals surface area contributed by atoms with Crippen molar-refractivity contribution in [3.63, 3.8) is 0 Å². The number of nitrogens with two attached hydrogens (primary N) is 1. The molecule has 6 nitrogen and oxygen atoms in total. The van der Waals surface area contributed by atoms with Crippen molar-refractivity contribution in [2.45, 2.75) is 12.8 Å². The summed E-state index contributed by atoms with van der Waals surface area (Å²) in [6.45, 7) is 1.83. The minimum absolute atomic E-state index is 0.148. The van der Waals surface area contributed by atoms with E-state index in [2.05, 4.69) is 20.2 Å². The third-order valence-corrected chi connectivity index (χ3v) is 2.21. The minimum atomic E-state index is -0.300. The van der Waals surface area contributed by atoms with Gasteiger partial charge in [0.1, 0.15) is 5.69 Å². The number of hydrogen-bond acceptors (Lipinski definition) is 5. The van der Waals surface area contributed by atoms with Gasteiger partial charge in [0.25, 0.3) is 5.56 Å². The van der Waals surface area contributed by atoms with Crippen molar-refractivity contribution in [2.24, 2.45) is 0 Å². The Kier molecular flexibility index (Phi) is 4.78. The molecular weight excluding hydrogens is 206 g/mol. The molecule has 0 radical (unpaired) electrons. The number of hydrogen-bond donors (Lipinski definition) is 3. The van der Waals surface area contributed by atoms with Crippen LogP contribution < -0.4 is 16.6 Å². The first kappa shape index (κ1) is 12.5. The number of H-pyrrole nitrogens is 1. The highest BCUT2D eigenvalue weighted by atomic mass is 16.1. The van der Waals surface area contributed by atoms with E-state index in [0.717, 1.165) is 25.9 Å². The zero-order valence-electron chi connectivity index (χ0n) is 9.79. The average Bonchev–Trinajstić information content (AvgIpc) is 2.23. The number of nitrogens with zero attached hydrogens (tertiary/aromatic N) is 2. The zero-order chi connectivity index (χ0) is 12.0. The lowest BCUT2D eigenvalue weighted by Crippen LogP contribution is -2.17. The lowest BCUT2D eigenvalue weighted by Gasteiger charge is -2.10. The number of nitrogen functional groups attached to an aromatic ring is 1. The quantitative estimate of drug-likeness (QED) is 0.598. The molecule has 1 heterocycles. The van der Waals surface area contributed by atoms with E-state index in [1.54, 1.807) is 0 Å². The van der Waals surface area contributed by atoms with Gasteiger partial charge >= 0.3 is 0 Å². The smallest absolute Gasteiger partial charge is 0.276 e. The molecule has 0 aromatic carbocycles. The van der Waals surface area contributed by atoms with E-state index < -0.39 is 0 Å². The summed E-state index contributed by atoms with van der Waals surface area (Å²) < 4.78 is 0. The third-order valence-electron chi connectivity index (χ3n) is 2.21. The second kappa shape index (κ2) is 6.12. The molecule has 1 aromatic rings. The Hall–Kier alpha value is -1.56. The fourth-order valence-electron chi connectivity index (χ4n) is 1.31. The SMILES string of the molecule is CN(C)CCCCNc1nc[nH]c(=O)c1N. The lowest BCUT2D eigenvalue weighted by atomic mass is 10.3. The van der Waals surface area contributed by atoms with Crippen LogP contribution in [0.5, 0.6) is 0 Å². The molecule has 0 atom stereocenters. The van der Waals surface area contributed by atoms with Crippen LogP contribution in [0.25, 0.3) is 0 Å². The van der Waals surface area contributed by atoms with Crippen LogP contribution in [-0.2, 0) is 0 Å². The van der Waals surface area contributed by atoms with Crippen molar-refractivity contribution in [3.8, 4) is 0 Å². The summed E-state index contributed by atoms with van der Waals surface area (Å²) >= 11 is 0. The van der Waals surface area contributed by atoms with E-state index in [0.29, 0.717) is 5.82 Å². The van der Waals surface area contributed by atoms with Gasteiger partial charge in [-0.3, -0.25) is 4.79 Å². The van der Waals surface area contributed by atoms with Crippen LogP contribution in [0.3, 0.4) is 0 Å². The average molecular weight is 225 g/mol. The Morgan fingerprint density at radius 1 is 1.50 bits per heavy atom.